The van der Waals surface area contributed by atoms with Crippen LogP contribution in [0.2, 0.25) is 0 Å². The molecule has 0 aliphatic carbocycles. The molecular weight excluding hydrogens is 384 g/mol. The third-order valence-corrected chi connectivity index (χ3v) is 5.68. The highest BCUT2D eigenvalue weighted by atomic mass is 32.2. The molecule has 0 amide bonds. The molecule has 0 fully saturated rings. The van der Waals surface area contributed by atoms with E-state index in [0.29, 0.717) is 10.9 Å². The molecule has 1 N–H and O–H groups in total. The lowest BCUT2D eigenvalue weighted by Gasteiger charge is -2.14. The second kappa shape index (κ2) is 8.63. The first-order valence-corrected chi connectivity index (χ1v) is 10.4. The van der Waals surface area contributed by atoms with Crippen LogP contribution in [-0.4, -0.2) is 43.8 Å². The van der Waals surface area contributed by atoms with Crippen LogP contribution in [0.15, 0.2) is 65.8 Å². The SMILES string of the molecule is Cc1ccc(C)c(-n2nnnc2SC[C@H](O)COc2cccc3ccccc23)c1. The number of rotatable bonds is 7. The second-order valence-electron chi connectivity index (χ2n) is 6.92. The maximum Gasteiger partial charge on any atom is 0.214 e. The van der Waals surface area contributed by atoms with E-state index >= 15 is 0 Å². The van der Waals surface area contributed by atoms with Crippen molar-refractivity contribution in [3.05, 3.63) is 71.8 Å². The van der Waals surface area contributed by atoms with Crippen LogP contribution < -0.4 is 4.74 Å². The number of tetrazole rings is 1. The highest BCUT2D eigenvalue weighted by Crippen LogP contribution is 2.26. The number of thioether (sulfide) groups is 1. The quantitative estimate of drug-likeness (QED) is 0.468. The van der Waals surface area contributed by atoms with E-state index < -0.39 is 6.10 Å². The Morgan fingerprint density at radius 1 is 1.07 bits per heavy atom. The first kappa shape index (κ1) is 19.4. The minimum Gasteiger partial charge on any atom is -0.490 e. The highest BCUT2D eigenvalue weighted by Gasteiger charge is 2.14. The first-order valence-electron chi connectivity index (χ1n) is 9.39. The van der Waals surface area contributed by atoms with Gasteiger partial charge in [0.1, 0.15) is 12.4 Å². The molecule has 29 heavy (non-hydrogen) atoms. The van der Waals surface area contributed by atoms with Gasteiger partial charge in [0, 0.05) is 11.1 Å². The van der Waals surface area contributed by atoms with Gasteiger partial charge in [-0.05, 0) is 52.9 Å². The van der Waals surface area contributed by atoms with Gasteiger partial charge in [-0.25, -0.2) is 0 Å². The maximum absolute atomic E-state index is 10.4. The predicted molar refractivity (Wildman–Crippen MR) is 115 cm³/mol. The van der Waals surface area contributed by atoms with E-state index in [4.69, 9.17) is 4.74 Å². The van der Waals surface area contributed by atoms with Gasteiger partial charge in [-0.3, -0.25) is 0 Å². The fourth-order valence-electron chi connectivity index (χ4n) is 3.09. The molecule has 4 aromatic rings. The van der Waals surface area contributed by atoms with Crippen molar-refractivity contribution in [3.8, 4) is 11.4 Å². The molecule has 1 aromatic heterocycles. The van der Waals surface area contributed by atoms with E-state index in [-0.39, 0.29) is 6.61 Å². The van der Waals surface area contributed by atoms with Crippen molar-refractivity contribution in [3.63, 3.8) is 0 Å². The third kappa shape index (κ3) is 4.41. The van der Waals surface area contributed by atoms with Crippen molar-refractivity contribution in [1.82, 2.24) is 20.2 Å². The average Bonchev–Trinajstić information content (AvgIpc) is 3.21. The van der Waals surface area contributed by atoms with E-state index in [1.165, 1.54) is 11.8 Å². The summed E-state index contributed by atoms with van der Waals surface area (Å²) in [5.41, 5.74) is 3.17. The lowest BCUT2D eigenvalue weighted by Crippen LogP contribution is -2.20. The molecule has 7 heteroatoms. The lowest BCUT2D eigenvalue weighted by molar-refractivity contribution is 0.127. The summed E-state index contributed by atoms with van der Waals surface area (Å²) < 4.78 is 7.59. The molecule has 0 unspecified atom stereocenters. The summed E-state index contributed by atoms with van der Waals surface area (Å²) in [6.45, 7) is 4.26. The molecule has 0 bridgehead atoms. The number of benzene rings is 3. The molecule has 1 heterocycles. The zero-order valence-corrected chi connectivity index (χ0v) is 17.1. The Hall–Kier alpha value is -2.90. The van der Waals surface area contributed by atoms with Crippen LogP contribution in [-0.2, 0) is 0 Å². The number of nitrogens with zero attached hydrogens (tertiary/aromatic N) is 4. The van der Waals surface area contributed by atoms with Crippen LogP contribution in [0.4, 0.5) is 0 Å². The van der Waals surface area contributed by atoms with Gasteiger partial charge in [0.05, 0.1) is 11.8 Å². The van der Waals surface area contributed by atoms with Crippen molar-refractivity contribution in [2.45, 2.75) is 25.1 Å². The van der Waals surface area contributed by atoms with Crippen molar-refractivity contribution < 1.29 is 9.84 Å². The van der Waals surface area contributed by atoms with Gasteiger partial charge in [0.2, 0.25) is 5.16 Å². The van der Waals surface area contributed by atoms with Crippen molar-refractivity contribution in [2.24, 2.45) is 0 Å². The molecule has 6 nitrogen and oxygen atoms in total. The van der Waals surface area contributed by atoms with E-state index in [1.807, 2.05) is 62.4 Å². The van der Waals surface area contributed by atoms with E-state index in [9.17, 15) is 5.11 Å². The normalized spacial score (nSPS) is 12.2. The van der Waals surface area contributed by atoms with Gasteiger partial charge in [-0.1, -0.05) is 60.3 Å². The summed E-state index contributed by atoms with van der Waals surface area (Å²) in [4.78, 5) is 0. The number of hydrogen-bond donors (Lipinski definition) is 1. The summed E-state index contributed by atoms with van der Waals surface area (Å²) in [6, 6.07) is 20.1. The molecule has 3 aromatic carbocycles. The topological polar surface area (TPSA) is 73.1 Å². The molecule has 0 spiro atoms. The maximum atomic E-state index is 10.4. The molecule has 0 aliphatic heterocycles. The molecule has 1 atom stereocenters. The number of aliphatic hydroxyl groups is 1. The molecule has 4 rings (SSSR count). The lowest BCUT2D eigenvalue weighted by atomic mass is 10.1. The average molecular weight is 407 g/mol. The summed E-state index contributed by atoms with van der Waals surface area (Å²) >= 11 is 1.41. The van der Waals surface area contributed by atoms with Crippen LogP contribution in [0.3, 0.4) is 0 Å². The Labute approximate surface area is 173 Å². The van der Waals surface area contributed by atoms with Crippen molar-refractivity contribution >= 4 is 22.5 Å². The van der Waals surface area contributed by atoms with E-state index in [1.54, 1.807) is 4.68 Å². The zero-order valence-electron chi connectivity index (χ0n) is 16.3. The smallest absolute Gasteiger partial charge is 0.214 e. The van der Waals surface area contributed by atoms with Gasteiger partial charge in [0.15, 0.2) is 0 Å². The van der Waals surface area contributed by atoms with Crippen molar-refractivity contribution in [1.29, 1.82) is 0 Å². The van der Waals surface area contributed by atoms with Gasteiger partial charge >= 0.3 is 0 Å². The molecule has 0 radical (unpaired) electrons. The zero-order chi connectivity index (χ0) is 20.2. The molecule has 0 saturated carbocycles. The predicted octanol–water partition coefficient (Wildman–Crippen LogP) is 3.96. The number of aromatic nitrogens is 4. The summed E-state index contributed by atoms with van der Waals surface area (Å²) in [6.07, 6.45) is -0.650. The molecular formula is C22H22N4O2S. The summed E-state index contributed by atoms with van der Waals surface area (Å²) in [7, 11) is 0. The standard InChI is InChI=1S/C22H22N4O2S/c1-15-10-11-16(2)20(12-15)26-22(23-24-25-26)29-14-18(27)13-28-21-9-5-7-17-6-3-4-8-19(17)21/h3-12,18,27H,13-14H2,1-2H3/t18-/m1/s1. The number of fused-ring (bicyclic) bond motifs is 1. The minimum atomic E-state index is -0.650. The third-order valence-electron chi connectivity index (χ3n) is 4.62. The fourth-order valence-corrected chi connectivity index (χ4v) is 3.88. The fraction of sp³-hybridized carbons (Fsp3) is 0.227. The van der Waals surface area contributed by atoms with Crippen LogP contribution in [0.1, 0.15) is 11.1 Å². The van der Waals surface area contributed by atoms with E-state index in [2.05, 4.69) is 27.7 Å². The Kier molecular flexibility index (Phi) is 5.78. The van der Waals surface area contributed by atoms with Crippen molar-refractivity contribution in [2.75, 3.05) is 12.4 Å². The number of hydrogen-bond acceptors (Lipinski definition) is 6. The van der Waals surface area contributed by atoms with Crippen LogP contribution in [0.25, 0.3) is 16.5 Å². The van der Waals surface area contributed by atoms with Gasteiger partial charge < -0.3 is 9.84 Å². The van der Waals surface area contributed by atoms with Gasteiger partial charge in [-0.15, -0.1) is 5.10 Å². The van der Waals surface area contributed by atoms with Gasteiger partial charge in [0.25, 0.3) is 0 Å². The molecule has 148 valence electrons. The largest absolute Gasteiger partial charge is 0.490 e. The first-order chi connectivity index (χ1) is 14.1. The molecule has 0 saturated heterocycles. The van der Waals surface area contributed by atoms with Crippen LogP contribution in [0.5, 0.6) is 5.75 Å². The second-order valence-corrected chi connectivity index (χ2v) is 7.90. The van der Waals surface area contributed by atoms with Gasteiger partial charge in [-0.2, -0.15) is 4.68 Å². The van der Waals surface area contributed by atoms with Crippen LogP contribution in [0, 0.1) is 13.8 Å². The Morgan fingerprint density at radius 3 is 2.79 bits per heavy atom. The highest BCUT2D eigenvalue weighted by molar-refractivity contribution is 7.99. The number of aliphatic hydroxyl groups excluding tert-OH is 1. The number of aryl methyl sites for hydroxylation is 2. The summed E-state index contributed by atoms with van der Waals surface area (Å²) in [5, 5.41) is 25.2. The monoisotopic (exact) mass is 406 g/mol. The minimum absolute atomic E-state index is 0.200. The summed E-state index contributed by atoms with van der Waals surface area (Å²) in [5.74, 6) is 1.20. The van der Waals surface area contributed by atoms with Crippen LogP contribution >= 0.6 is 11.8 Å². The number of ether oxygens (including phenoxy) is 1. The Balaban J connectivity index is 1.40. The van der Waals surface area contributed by atoms with E-state index in [0.717, 1.165) is 33.3 Å². The Bertz CT molecular complexity index is 1120. The molecule has 0 aliphatic rings. The Morgan fingerprint density at radius 2 is 1.90 bits per heavy atom.